The number of ether oxygens (including phenoxy) is 4. The summed E-state index contributed by atoms with van der Waals surface area (Å²) in [7, 11) is 0. The third kappa shape index (κ3) is 11.2. The van der Waals surface area contributed by atoms with Crippen molar-refractivity contribution in [2.24, 2.45) is 0 Å². The van der Waals surface area contributed by atoms with Crippen LogP contribution < -0.4 is 16.6 Å². The molecule has 24 nitrogen and oxygen atoms in total. The Morgan fingerprint density at radius 2 is 1.25 bits per heavy atom. The number of hydrogen-bond donors (Lipinski definition) is 9. The Hall–Kier alpha value is -5.24. The summed E-state index contributed by atoms with van der Waals surface area (Å²) in [6.07, 6.45) is -31.9. The van der Waals surface area contributed by atoms with Crippen molar-refractivity contribution in [2.75, 3.05) is 13.2 Å². The van der Waals surface area contributed by atoms with Gasteiger partial charge in [0.25, 0.3) is 5.56 Å². The number of aliphatic hydroxyl groups excluding tert-OH is 8. The molecule has 6 rings (SSSR count). The van der Waals surface area contributed by atoms with Crippen molar-refractivity contribution in [1.29, 1.82) is 0 Å². The van der Waals surface area contributed by atoms with E-state index in [4.69, 9.17) is 18.9 Å². The van der Waals surface area contributed by atoms with Crippen LogP contribution in [0.3, 0.4) is 0 Å². The summed E-state index contributed by atoms with van der Waals surface area (Å²) in [5.41, 5.74) is -2.50. The van der Waals surface area contributed by atoms with E-state index in [-0.39, 0.29) is 23.4 Å². The van der Waals surface area contributed by atoms with E-state index >= 15 is 0 Å². The Labute approximate surface area is 432 Å². The van der Waals surface area contributed by atoms with Crippen LogP contribution in [0.1, 0.15) is 48.7 Å². The first kappa shape index (κ1) is 63.9. The molecule has 13 atom stereocenters. The first-order valence-corrected chi connectivity index (χ1v) is 22.7. The average Bonchev–Trinajstić information content (AvgIpc) is 4.13. The smallest absolute Gasteiger partial charge is 0.394 e. The molecule has 0 aromatic carbocycles. The number of hydrogen-bond acceptors (Lipinski definition) is 19. The number of alkyl halides is 17. The minimum atomic E-state index is -8.80. The molecule has 80 heavy (non-hydrogen) atoms. The van der Waals surface area contributed by atoms with Gasteiger partial charge >= 0.3 is 53.3 Å². The van der Waals surface area contributed by atoms with Crippen molar-refractivity contribution in [3.8, 4) is 0 Å². The zero-order chi connectivity index (χ0) is 60.4. The van der Waals surface area contributed by atoms with Crippen molar-refractivity contribution >= 4 is 5.91 Å². The van der Waals surface area contributed by atoms with Gasteiger partial charge in [-0.1, -0.05) is 10.4 Å². The molecular formula is C39H44F17N9O15. The molecule has 3 aromatic heterocycles. The van der Waals surface area contributed by atoms with Gasteiger partial charge in [0.2, 0.25) is 5.91 Å². The number of carbonyl (C=O) groups excluding carboxylic acids is 1. The molecule has 41 heteroatoms. The number of amides is 1. The van der Waals surface area contributed by atoms with Gasteiger partial charge in [-0.25, -0.2) is 14.2 Å². The molecule has 0 saturated carbocycles. The summed E-state index contributed by atoms with van der Waals surface area (Å²) in [6, 6.07) is 0. The molecule has 3 saturated heterocycles. The SMILES string of the molecule is Cc1cn([C@H]2C[C@H](O)[C@@H](Cn3cc(CNC(=O)CCC(F)(F)C(F)(F)C(F)(F)C(F)(F)C(F)(F)C(F)(F)C(F)(F)C(F)(F)F)nn3)O2)c(=O)n(Cc2cn([C@@H]3O[C@H](CO)[C@@H](O[C@@H]4O[C@H](CO)[C@H](O)[C@H](O)[C@H]4O)[C@H](O)[C@H]3O)nn2)c1=O. The molecule has 0 bridgehead atoms. The van der Waals surface area contributed by atoms with E-state index in [1.807, 2.05) is 0 Å². The Morgan fingerprint density at radius 1 is 0.675 bits per heavy atom. The van der Waals surface area contributed by atoms with Crippen LogP contribution in [0.5, 0.6) is 0 Å². The molecule has 9 N–H and O–H groups in total. The predicted molar refractivity (Wildman–Crippen MR) is 217 cm³/mol. The lowest BCUT2D eigenvalue weighted by Gasteiger charge is -2.45. The molecule has 3 aliphatic heterocycles. The largest absolute Gasteiger partial charge is 0.460 e. The first-order valence-electron chi connectivity index (χ1n) is 22.7. The van der Waals surface area contributed by atoms with E-state index in [0.717, 1.165) is 32.5 Å². The van der Waals surface area contributed by atoms with E-state index in [0.29, 0.717) is 4.57 Å². The van der Waals surface area contributed by atoms with Gasteiger partial charge in [-0.2, -0.15) is 74.6 Å². The van der Waals surface area contributed by atoms with E-state index in [1.165, 1.54) is 6.92 Å². The van der Waals surface area contributed by atoms with Crippen molar-refractivity contribution < 1.29 is 139 Å². The highest BCUT2D eigenvalue weighted by Crippen LogP contribution is 2.64. The number of rotatable bonds is 21. The average molecular weight is 1200 g/mol. The van der Waals surface area contributed by atoms with Gasteiger partial charge in [0, 0.05) is 31.0 Å². The van der Waals surface area contributed by atoms with Crippen LogP contribution in [0.2, 0.25) is 0 Å². The van der Waals surface area contributed by atoms with Gasteiger partial charge in [-0.05, 0) is 6.92 Å². The van der Waals surface area contributed by atoms with Gasteiger partial charge in [-0.15, -0.1) is 10.2 Å². The Kier molecular flexibility index (Phi) is 18.0. The second-order valence-electron chi connectivity index (χ2n) is 18.4. The Balaban J connectivity index is 1.05. The van der Waals surface area contributed by atoms with Crippen LogP contribution in [0, 0.1) is 6.92 Å². The summed E-state index contributed by atoms with van der Waals surface area (Å²) in [6.45, 7) is -2.46. The third-order valence-electron chi connectivity index (χ3n) is 12.9. The lowest BCUT2D eigenvalue weighted by atomic mass is 9.88. The standard InChI is InChI=1S/C39H44F17N9O15/c1-13-6-63(31(76)64(28(13)75)8-15-9-65(61-59-15)29-25(73)24(72)27(19(12-67)78-29)80-30-26(74)23(71)22(70)18(11-66)79-30)21-4-16(68)17(77-21)10-62-7-14(58-60-62)5-57-20(69)2-3-32(40,41)33(42,43)34(44,45)35(46,47)36(48,49)37(50,51)38(52,53)39(54,55)56/h6-7,9,16-19,21-27,29-30,66-68,70-74H,2-5,8,10-12H2,1H3,(H,57,69)/t16-,17+,18+,19+,21+,22-,23-,24+,25+,26+,27+,29+,30-/m0/s1. The zero-order valence-electron chi connectivity index (χ0n) is 39.8. The number of nitrogens with one attached hydrogen (secondary N) is 1. The van der Waals surface area contributed by atoms with Crippen molar-refractivity contribution in [3.63, 3.8) is 0 Å². The minimum Gasteiger partial charge on any atom is -0.394 e. The number of halogens is 17. The van der Waals surface area contributed by atoms with Crippen LogP contribution in [-0.4, -0.2) is 214 Å². The number of carbonyl (C=O) groups is 1. The summed E-state index contributed by atoms with van der Waals surface area (Å²) >= 11 is 0. The lowest BCUT2D eigenvalue weighted by molar-refractivity contribution is -0.461. The molecule has 3 aliphatic rings. The number of aliphatic hydroxyl groups is 8. The maximum atomic E-state index is 14.3. The first-order chi connectivity index (χ1) is 36.6. The second-order valence-corrected chi connectivity index (χ2v) is 18.4. The molecule has 0 unspecified atom stereocenters. The van der Waals surface area contributed by atoms with Crippen LogP contribution in [-0.2, 0) is 43.4 Å². The van der Waals surface area contributed by atoms with Crippen LogP contribution in [0.25, 0.3) is 0 Å². The number of aryl methyl sites for hydroxylation is 1. The zero-order valence-corrected chi connectivity index (χ0v) is 39.8. The Bertz CT molecular complexity index is 2780. The third-order valence-corrected chi connectivity index (χ3v) is 12.9. The van der Waals surface area contributed by atoms with E-state index in [1.54, 1.807) is 5.32 Å². The molecule has 0 spiro atoms. The molecule has 1 amide bonds. The molecule has 454 valence electrons. The van der Waals surface area contributed by atoms with E-state index in [2.05, 4.69) is 20.6 Å². The fourth-order valence-corrected chi connectivity index (χ4v) is 8.21. The van der Waals surface area contributed by atoms with Crippen molar-refractivity contribution in [3.05, 3.63) is 56.4 Å². The number of nitrogens with zero attached hydrogens (tertiary/aromatic N) is 8. The fourth-order valence-electron chi connectivity index (χ4n) is 8.21. The summed E-state index contributed by atoms with van der Waals surface area (Å²) in [5, 5.41) is 99.5. The fraction of sp³-hybridized carbons (Fsp3) is 0.769. The Morgan fingerprint density at radius 3 is 1.84 bits per heavy atom. The van der Waals surface area contributed by atoms with Crippen molar-refractivity contribution in [1.82, 2.24) is 44.4 Å². The van der Waals surface area contributed by atoms with Gasteiger partial charge < -0.3 is 65.1 Å². The van der Waals surface area contributed by atoms with Gasteiger partial charge in [0.15, 0.2) is 12.5 Å². The summed E-state index contributed by atoms with van der Waals surface area (Å²) in [5.74, 6) is -59.7. The molecule has 6 heterocycles. The molecular weight excluding hydrogens is 1160 g/mol. The normalized spacial score (nSPS) is 28.9. The minimum absolute atomic E-state index is 0.0752. The van der Waals surface area contributed by atoms with Gasteiger partial charge in [0.1, 0.15) is 72.6 Å². The van der Waals surface area contributed by atoms with Crippen LogP contribution in [0.4, 0.5) is 74.6 Å². The van der Waals surface area contributed by atoms with Gasteiger partial charge in [0.05, 0.1) is 51.3 Å². The van der Waals surface area contributed by atoms with Crippen LogP contribution in [0.15, 0.2) is 28.2 Å². The number of aromatic nitrogens is 8. The second kappa shape index (κ2) is 22.5. The van der Waals surface area contributed by atoms with Crippen molar-refractivity contribution in [2.45, 2.75) is 173 Å². The maximum Gasteiger partial charge on any atom is 0.460 e. The maximum absolute atomic E-state index is 14.3. The highest BCUT2D eigenvalue weighted by atomic mass is 19.4. The topological polar surface area (TPSA) is 333 Å². The van der Waals surface area contributed by atoms with E-state index in [9.17, 15) is 130 Å². The van der Waals surface area contributed by atoms with Crippen LogP contribution >= 0.6 is 0 Å². The van der Waals surface area contributed by atoms with Gasteiger partial charge in [-0.3, -0.25) is 18.7 Å². The lowest BCUT2D eigenvalue weighted by Crippen LogP contribution is -2.74. The highest BCUT2D eigenvalue weighted by molar-refractivity contribution is 5.75. The highest BCUT2D eigenvalue weighted by Gasteiger charge is 2.95. The van der Waals surface area contributed by atoms with E-state index < -0.39 is 190 Å². The molecule has 3 fully saturated rings. The molecule has 3 aromatic rings. The monoisotopic (exact) mass is 1200 g/mol. The summed E-state index contributed by atoms with van der Waals surface area (Å²) < 4.78 is 257. The summed E-state index contributed by atoms with van der Waals surface area (Å²) in [4.78, 5) is 39.2. The predicted octanol–water partition coefficient (Wildman–Crippen LogP) is -0.899. The molecule has 0 radical (unpaired) electrons. The molecule has 0 aliphatic carbocycles. The quantitative estimate of drug-likeness (QED) is 0.0584.